The Morgan fingerprint density at radius 2 is 1.59 bits per heavy atom. The summed E-state index contributed by atoms with van der Waals surface area (Å²) < 4.78 is 49.2. The van der Waals surface area contributed by atoms with E-state index in [4.69, 9.17) is 18.9 Å². The Hall–Kier alpha value is -4.58. The van der Waals surface area contributed by atoms with Gasteiger partial charge in [-0.25, -0.2) is 18.6 Å². The Balaban J connectivity index is 1.70. The number of amides is 1. The van der Waals surface area contributed by atoms with Gasteiger partial charge in [0, 0.05) is 6.07 Å². The van der Waals surface area contributed by atoms with Crippen LogP contribution in [0.2, 0.25) is 0 Å². The highest BCUT2D eigenvalue weighted by molar-refractivity contribution is 7.92. The predicted molar refractivity (Wildman–Crippen MR) is 154 cm³/mol. The van der Waals surface area contributed by atoms with Gasteiger partial charge in [0.25, 0.3) is 15.9 Å². The van der Waals surface area contributed by atoms with Crippen molar-refractivity contribution in [3.05, 3.63) is 78.4 Å². The number of methoxy groups -OCH3 is 2. The second-order valence-corrected chi connectivity index (χ2v) is 11.5. The molecule has 0 aromatic heterocycles. The van der Waals surface area contributed by atoms with Gasteiger partial charge >= 0.3 is 5.97 Å². The van der Waals surface area contributed by atoms with Crippen LogP contribution in [0.3, 0.4) is 0 Å². The summed E-state index contributed by atoms with van der Waals surface area (Å²) >= 11 is 0. The van der Waals surface area contributed by atoms with Crippen LogP contribution in [0.4, 0.5) is 5.69 Å². The molecule has 12 heteroatoms. The van der Waals surface area contributed by atoms with E-state index in [0.717, 1.165) is 4.31 Å². The summed E-state index contributed by atoms with van der Waals surface area (Å²) in [5.41, 5.74) is 2.59. The summed E-state index contributed by atoms with van der Waals surface area (Å²) in [4.78, 5) is 24.7. The molecule has 0 aliphatic carbocycles. The Morgan fingerprint density at radius 3 is 2.20 bits per heavy atom. The highest BCUT2D eigenvalue weighted by Crippen LogP contribution is 2.33. The zero-order chi connectivity index (χ0) is 30.0. The molecule has 0 atom stereocenters. The summed E-state index contributed by atoms with van der Waals surface area (Å²) in [6, 6.07) is 19.0. The van der Waals surface area contributed by atoms with Gasteiger partial charge in [0.2, 0.25) is 0 Å². The second kappa shape index (κ2) is 13.7. The summed E-state index contributed by atoms with van der Waals surface area (Å²) in [5, 5.41) is 3.94. The van der Waals surface area contributed by atoms with Gasteiger partial charge in [-0.15, -0.1) is 0 Å². The van der Waals surface area contributed by atoms with Gasteiger partial charge < -0.3 is 18.9 Å². The van der Waals surface area contributed by atoms with E-state index in [0.29, 0.717) is 22.8 Å². The van der Waals surface area contributed by atoms with Gasteiger partial charge in [-0.1, -0.05) is 18.2 Å². The van der Waals surface area contributed by atoms with Crippen molar-refractivity contribution >= 4 is 33.8 Å². The van der Waals surface area contributed by atoms with Crippen LogP contribution in [0.25, 0.3) is 0 Å². The molecule has 0 bridgehead atoms. The largest absolute Gasteiger partial charge is 0.493 e. The summed E-state index contributed by atoms with van der Waals surface area (Å²) in [5.74, 6) is 0.00247. The average molecular weight is 584 g/mol. The van der Waals surface area contributed by atoms with Crippen molar-refractivity contribution in [3.63, 3.8) is 0 Å². The highest BCUT2D eigenvalue weighted by Gasteiger charge is 2.28. The normalized spacial score (nSPS) is 11.5. The Morgan fingerprint density at radius 1 is 0.927 bits per heavy atom. The standard InChI is InChI=1S/C29H33N3O8S/c1-29(2,3)40-28(34)20-39-23-14-11-21(12-15-23)18-30-31-27(33)19-32(41(35,36)24-9-7-6-8-10-24)22-13-16-25(37-4)26(17-22)38-5/h6-18H,19-20H2,1-5H3,(H,31,33)/b30-18-. The maximum atomic E-state index is 13.5. The van der Waals surface area contributed by atoms with Crippen molar-refractivity contribution in [3.8, 4) is 17.2 Å². The molecule has 0 radical (unpaired) electrons. The molecule has 0 aliphatic rings. The van der Waals surface area contributed by atoms with Gasteiger partial charge in [0.15, 0.2) is 18.1 Å². The maximum Gasteiger partial charge on any atom is 0.344 e. The van der Waals surface area contributed by atoms with E-state index in [2.05, 4.69) is 10.5 Å². The molecule has 0 unspecified atom stereocenters. The van der Waals surface area contributed by atoms with Crippen LogP contribution in [0.5, 0.6) is 17.2 Å². The number of esters is 1. The molecule has 0 spiro atoms. The number of anilines is 1. The van der Waals surface area contributed by atoms with E-state index < -0.39 is 34.0 Å². The number of benzene rings is 3. The number of hydrogen-bond acceptors (Lipinski definition) is 9. The first-order valence-electron chi connectivity index (χ1n) is 12.5. The molecular weight excluding hydrogens is 550 g/mol. The Labute approximate surface area is 239 Å². The topological polar surface area (TPSA) is 133 Å². The minimum atomic E-state index is -4.12. The van der Waals surface area contributed by atoms with Crippen LogP contribution in [-0.4, -0.2) is 59.5 Å². The summed E-state index contributed by atoms with van der Waals surface area (Å²) in [6.45, 7) is 4.53. The van der Waals surface area contributed by atoms with Gasteiger partial charge in [0.1, 0.15) is 17.9 Å². The van der Waals surface area contributed by atoms with E-state index in [-0.39, 0.29) is 17.2 Å². The fourth-order valence-corrected chi connectivity index (χ4v) is 4.96. The first-order chi connectivity index (χ1) is 19.4. The van der Waals surface area contributed by atoms with Crippen molar-refractivity contribution in [2.24, 2.45) is 5.10 Å². The van der Waals surface area contributed by atoms with E-state index >= 15 is 0 Å². The maximum absolute atomic E-state index is 13.5. The van der Waals surface area contributed by atoms with Crippen molar-refractivity contribution in [1.29, 1.82) is 0 Å². The number of carbonyl (C=O) groups excluding carboxylic acids is 2. The van der Waals surface area contributed by atoms with Crippen LogP contribution in [-0.2, 0) is 24.3 Å². The third kappa shape index (κ3) is 8.97. The van der Waals surface area contributed by atoms with Crippen LogP contribution < -0.4 is 23.9 Å². The van der Waals surface area contributed by atoms with Gasteiger partial charge in [-0.05, 0) is 74.9 Å². The van der Waals surface area contributed by atoms with Crippen LogP contribution in [0.15, 0.2) is 82.8 Å². The molecule has 1 N–H and O–H groups in total. The molecule has 3 aromatic carbocycles. The lowest BCUT2D eigenvalue weighted by Crippen LogP contribution is -2.39. The lowest BCUT2D eigenvalue weighted by Gasteiger charge is -2.24. The molecule has 0 fully saturated rings. The van der Waals surface area contributed by atoms with Crippen molar-refractivity contribution in [2.45, 2.75) is 31.3 Å². The number of carbonyl (C=O) groups is 2. The quantitative estimate of drug-likeness (QED) is 0.194. The molecule has 11 nitrogen and oxygen atoms in total. The van der Waals surface area contributed by atoms with E-state index in [9.17, 15) is 18.0 Å². The third-order valence-corrected chi connectivity index (χ3v) is 7.12. The minimum Gasteiger partial charge on any atom is -0.493 e. The minimum absolute atomic E-state index is 0.0139. The number of hydrogen-bond donors (Lipinski definition) is 1. The van der Waals surface area contributed by atoms with Crippen LogP contribution in [0, 0.1) is 0 Å². The number of nitrogens with one attached hydrogen (secondary N) is 1. The molecule has 1 amide bonds. The number of sulfonamides is 1. The summed E-state index contributed by atoms with van der Waals surface area (Å²) in [6.07, 6.45) is 1.39. The fraction of sp³-hybridized carbons (Fsp3) is 0.276. The molecule has 0 aliphatic heterocycles. The Bertz CT molecular complexity index is 1470. The molecule has 3 aromatic rings. The van der Waals surface area contributed by atoms with E-state index in [1.807, 2.05) is 0 Å². The molecule has 3 rings (SSSR count). The second-order valence-electron chi connectivity index (χ2n) is 9.60. The number of rotatable bonds is 12. The zero-order valence-corrected chi connectivity index (χ0v) is 24.3. The van der Waals surface area contributed by atoms with Crippen LogP contribution >= 0.6 is 0 Å². The SMILES string of the molecule is COc1ccc(N(CC(=O)N/N=C\c2ccc(OCC(=O)OC(C)(C)C)cc2)S(=O)(=O)c2ccccc2)cc1OC. The van der Waals surface area contributed by atoms with Gasteiger partial charge in [-0.3, -0.25) is 9.10 Å². The molecule has 0 saturated carbocycles. The van der Waals surface area contributed by atoms with E-state index in [1.54, 1.807) is 69.3 Å². The van der Waals surface area contributed by atoms with Gasteiger partial charge in [0.05, 0.1) is 31.0 Å². The number of ether oxygens (including phenoxy) is 4. The molecule has 41 heavy (non-hydrogen) atoms. The highest BCUT2D eigenvalue weighted by atomic mass is 32.2. The lowest BCUT2D eigenvalue weighted by atomic mass is 10.2. The smallest absolute Gasteiger partial charge is 0.344 e. The van der Waals surface area contributed by atoms with Gasteiger partial charge in [-0.2, -0.15) is 5.10 Å². The monoisotopic (exact) mass is 583 g/mol. The predicted octanol–water partition coefficient (Wildman–Crippen LogP) is 3.77. The molecule has 0 heterocycles. The fourth-order valence-electron chi connectivity index (χ4n) is 3.52. The molecular formula is C29H33N3O8S. The third-order valence-electron chi connectivity index (χ3n) is 5.33. The van der Waals surface area contributed by atoms with Crippen molar-refractivity contribution in [1.82, 2.24) is 5.43 Å². The van der Waals surface area contributed by atoms with Crippen molar-refractivity contribution in [2.75, 3.05) is 31.7 Å². The van der Waals surface area contributed by atoms with Crippen LogP contribution in [0.1, 0.15) is 26.3 Å². The van der Waals surface area contributed by atoms with Crippen molar-refractivity contribution < 1.29 is 37.0 Å². The Kier molecular flexibility index (Phi) is 10.3. The lowest BCUT2D eigenvalue weighted by molar-refractivity contribution is -0.157. The molecule has 0 saturated heterocycles. The number of nitrogens with zero attached hydrogens (tertiary/aromatic N) is 2. The molecule has 218 valence electrons. The first-order valence-corrected chi connectivity index (χ1v) is 13.9. The number of hydrazone groups is 1. The zero-order valence-electron chi connectivity index (χ0n) is 23.5. The average Bonchev–Trinajstić information content (AvgIpc) is 2.94. The van der Waals surface area contributed by atoms with E-state index in [1.165, 1.54) is 44.7 Å². The summed E-state index contributed by atoms with van der Waals surface area (Å²) in [7, 11) is -1.23. The first kappa shape index (κ1) is 31.0.